The number of amides is 1. The van der Waals surface area contributed by atoms with Crippen molar-refractivity contribution in [1.82, 2.24) is 5.32 Å². The summed E-state index contributed by atoms with van der Waals surface area (Å²) in [5, 5.41) is 3.03. The normalized spacial score (nSPS) is 14.1. The SMILES string of the molecule is CCCCC/C=C\C/C=C\C/C=C\C/C=C\CCCCCCCCCCCC(=O)NC(COP(=O)([O-])OCC[N+](C)(C)C)C(/C=C\CCCCCCCCCCCCC)OC(=O)CCCCC/C=C\CCCCCCCC. The van der Waals surface area contributed by atoms with Crippen molar-refractivity contribution >= 4 is 19.7 Å². The van der Waals surface area contributed by atoms with E-state index in [1.807, 2.05) is 33.3 Å². The quantitative estimate of drug-likeness (QED) is 0.0212. The number of ether oxygens (including phenoxy) is 1. The maximum Gasteiger partial charge on any atom is 0.306 e. The number of nitrogens with one attached hydrogen (secondary N) is 1. The van der Waals surface area contributed by atoms with E-state index in [9.17, 15) is 19.0 Å². The maximum atomic E-state index is 13.5. The minimum atomic E-state index is -4.71. The summed E-state index contributed by atoms with van der Waals surface area (Å²) in [6, 6.07) is -0.900. The Labute approximate surface area is 476 Å². The Balaban J connectivity index is 5.17. The molecule has 0 aromatic heterocycles. The fourth-order valence-electron chi connectivity index (χ4n) is 9.09. The number of phosphoric acid groups is 1. The fourth-order valence-corrected chi connectivity index (χ4v) is 9.81. The van der Waals surface area contributed by atoms with E-state index in [1.54, 1.807) is 0 Å². The van der Waals surface area contributed by atoms with Crippen molar-refractivity contribution in [3.63, 3.8) is 0 Å². The van der Waals surface area contributed by atoms with Gasteiger partial charge in [-0.3, -0.25) is 14.2 Å². The van der Waals surface area contributed by atoms with Crippen molar-refractivity contribution in [2.75, 3.05) is 40.9 Å². The summed E-state index contributed by atoms with van der Waals surface area (Å²) in [5.41, 5.74) is 0. The van der Waals surface area contributed by atoms with Crippen molar-refractivity contribution in [2.24, 2.45) is 0 Å². The summed E-state index contributed by atoms with van der Waals surface area (Å²) in [5.74, 6) is -0.563. The van der Waals surface area contributed by atoms with Gasteiger partial charge in [-0.25, -0.2) is 0 Å². The molecular formula is C67H123N2O7P. The molecule has 10 heteroatoms. The number of esters is 1. The highest BCUT2D eigenvalue weighted by Gasteiger charge is 2.27. The van der Waals surface area contributed by atoms with Gasteiger partial charge in [-0.2, -0.15) is 0 Å². The van der Waals surface area contributed by atoms with Gasteiger partial charge >= 0.3 is 5.97 Å². The topological polar surface area (TPSA) is 114 Å². The molecule has 0 saturated heterocycles. The second kappa shape index (κ2) is 56.7. The van der Waals surface area contributed by atoms with Gasteiger partial charge in [-0.1, -0.05) is 248 Å². The molecule has 0 aliphatic carbocycles. The van der Waals surface area contributed by atoms with E-state index in [0.29, 0.717) is 23.9 Å². The van der Waals surface area contributed by atoms with Crippen LogP contribution in [0.4, 0.5) is 0 Å². The van der Waals surface area contributed by atoms with Crippen LogP contribution in [0.3, 0.4) is 0 Å². The largest absolute Gasteiger partial charge is 0.756 e. The van der Waals surface area contributed by atoms with Crippen LogP contribution in [0, 0.1) is 0 Å². The van der Waals surface area contributed by atoms with Crippen LogP contribution in [0.1, 0.15) is 290 Å². The van der Waals surface area contributed by atoms with E-state index in [4.69, 9.17) is 13.8 Å². The first kappa shape index (κ1) is 74.5. The summed E-state index contributed by atoms with van der Waals surface area (Å²) in [7, 11) is 1.17. The van der Waals surface area contributed by atoms with E-state index in [2.05, 4.69) is 86.8 Å². The van der Waals surface area contributed by atoms with E-state index >= 15 is 0 Å². The van der Waals surface area contributed by atoms with Crippen molar-refractivity contribution in [1.29, 1.82) is 0 Å². The van der Waals surface area contributed by atoms with Crippen LogP contribution in [0.2, 0.25) is 0 Å². The molecule has 0 aromatic carbocycles. The second-order valence-corrected chi connectivity index (χ2v) is 24.3. The van der Waals surface area contributed by atoms with E-state index in [0.717, 1.165) is 96.3 Å². The highest BCUT2D eigenvalue weighted by atomic mass is 31.2. The number of hydrogen-bond donors (Lipinski definition) is 1. The molecule has 9 nitrogen and oxygen atoms in total. The molecule has 0 aliphatic heterocycles. The maximum absolute atomic E-state index is 13.5. The first-order valence-corrected chi connectivity index (χ1v) is 33.7. The predicted octanol–water partition coefficient (Wildman–Crippen LogP) is 19.4. The van der Waals surface area contributed by atoms with Crippen LogP contribution in [0.25, 0.3) is 0 Å². The molecule has 1 N–H and O–H groups in total. The van der Waals surface area contributed by atoms with Crippen LogP contribution in [-0.4, -0.2) is 69.4 Å². The Hall–Kier alpha value is -2.55. The van der Waals surface area contributed by atoms with Crippen LogP contribution >= 0.6 is 7.82 Å². The third-order valence-electron chi connectivity index (χ3n) is 14.1. The number of rotatable bonds is 58. The molecular weight excluding hydrogens is 976 g/mol. The fraction of sp³-hybridized carbons (Fsp3) is 0.791. The number of hydrogen-bond acceptors (Lipinski definition) is 7. The highest BCUT2D eigenvalue weighted by molar-refractivity contribution is 7.45. The van der Waals surface area contributed by atoms with Gasteiger partial charge in [0, 0.05) is 12.8 Å². The number of allylic oxidation sites excluding steroid dienone is 11. The molecule has 0 aromatic rings. The average Bonchev–Trinajstić information content (AvgIpc) is 3.39. The van der Waals surface area contributed by atoms with Gasteiger partial charge in [0.05, 0.1) is 33.8 Å². The third-order valence-corrected chi connectivity index (χ3v) is 15.1. The summed E-state index contributed by atoms with van der Waals surface area (Å²) in [4.78, 5) is 40.0. The molecule has 0 bridgehead atoms. The van der Waals surface area contributed by atoms with E-state index < -0.39 is 26.6 Å². The van der Waals surface area contributed by atoms with Gasteiger partial charge < -0.3 is 28.5 Å². The minimum absolute atomic E-state index is 0.0275. The number of unbranched alkanes of at least 4 members (excludes halogenated alkanes) is 32. The number of carbonyl (C=O) groups excluding carboxylic acids is 2. The zero-order valence-electron chi connectivity index (χ0n) is 51.2. The Morgan fingerprint density at radius 3 is 1.23 bits per heavy atom. The molecule has 3 atom stereocenters. The first-order valence-electron chi connectivity index (χ1n) is 32.2. The molecule has 0 heterocycles. The zero-order valence-corrected chi connectivity index (χ0v) is 52.0. The average molecular weight is 1100 g/mol. The van der Waals surface area contributed by atoms with Crippen molar-refractivity contribution in [3.05, 3.63) is 72.9 Å². The third kappa shape index (κ3) is 57.9. The lowest BCUT2D eigenvalue weighted by Crippen LogP contribution is -2.47. The van der Waals surface area contributed by atoms with Crippen LogP contribution in [0.15, 0.2) is 72.9 Å². The minimum Gasteiger partial charge on any atom is -0.756 e. The van der Waals surface area contributed by atoms with Gasteiger partial charge in [-0.05, 0) is 102 Å². The molecule has 0 fully saturated rings. The standard InChI is InChI=1S/C67H123N2O7P/c1-7-10-13-16-19-22-25-28-29-30-31-32-33-34-35-36-37-38-39-42-44-47-50-53-56-59-66(70)68-64(63-75-77(72,73)74-62-61-69(4,5)6)65(58-55-52-49-46-43-40-26-23-20-17-14-11-8-2)76-67(71)60-57-54-51-48-45-41-27-24-21-18-15-12-9-3/h19,22,28-29,31-32,34-35,41,45,55,58,64-65H,7-18,20-21,23-27,30,33,36-40,42-44,46-54,56-57,59-63H2,1-6H3,(H-,68,70,72,73)/b22-19-,29-28-,32-31-,35-34-,45-41-,58-55-. The monoisotopic (exact) mass is 1100 g/mol. The van der Waals surface area contributed by atoms with Crippen LogP contribution in [-0.2, 0) is 27.9 Å². The highest BCUT2D eigenvalue weighted by Crippen LogP contribution is 2.38. The molecule has 0 spiro atoms. The summed E-state index contributed by atoms with van der Waals surface area (Å²) in [6.45, 7) is 6.80. The lowest BCUT2D eigenvalue weighted by atomic mass is 10.0. The molecule has 0 saturated carbocycles. The van der Waals surface area contributed by atoms with E-state index in [-0.39, 0.29) is 24.9 Å². The Morgan fingerprint density at radius 2 is 0.792 bits per heavy atom. The lowest BCUT2D eigenvalue weighted by Gasteiger charge is -2.30. The molecule has 448 valence electrons. The number of nitrogens with zero attached hydrogens (tertiary/aromatic N) is 1. The molecule has 0 aliphatic rings. The van der Waals surface area contributed by atoms with Gasteiger partial charge in [-0.15, -0.1) is 0 Å². The Bertz CT molecular complexity index is 1550. The number of quaternary nitrogens is 1. The summed E-state index contributed by atoms with van der Waals surface area (Å²) < 4.78 is 30.3. The van der Waals surface area contributed by atoms with Crippen molar-refractivity contribution in [3.8, 4) is 0 Å². The number of likely N-dealkylation sites (N-methyl/N-ethyl adjacent to an activating group) is 1. The first-order chi connectivity index (χ1) is 37.4. The number of carbonyl (C=O) groups is 2. The molecule has 77 heavy (non-hydrogen) atoms. The van der Waals surface area contributed by atoms with Crippen molar-refractivity contribution in [2.45, 2.75) is 303 Å². The lowest BCUT2D eigenvalue weighted by molar-refractivity contribution is -0.870. The Morgan fingerprint density at radius 1 is 0.455 bits per heavy atom. The predicted molar refractivity (Wildman–Crippen MR) is 330 cm³/mol. The second-order valence-electron chi connectivity index (χ2n) is 22.9. The molecule has 0 radical (unpaired) electrons. The molecule has 3 unspecified atom stereocenters. The van der Waals surface area contributed by atoms with Gasteiger partial charge in [0.15, 0.2) is 0 Å². The smallest absolute Gasteiger partial charge is 0.306 e. The summed E-state index contributed by atoms with van der Waals surface area (Å²) >= 11 is 0. The number of phosphoric ester groups is 1. The van der Waals surface area contributed by atoms with Crippen molar-refractivity contribution < 1.29 is 37.3 Å². The molecule has 0 rings (SSSR count). The van der Waals surface area contributed by atoms with Crippen LogP contribution in [0.5, 0.6) is 0 Å². The van der Waals surface area contributed by atoms with E-state index in [1.165, 1.54) is 154 Å². The molecule has 1 amide bonds. The van der Waals surface area contributed by atoms with Gasteiger partial charge in [0.2, 0.25) is 5.91 Å². The van der Waals surface area contributed by atoms with Gasteiger partial charge in [0.1, 0.15) is 19.3 Å². The Kier molecular flexibility index (Phi) is 54.8. The zero-order chi connectivity index (χ0) is 56.4. The van der Waals surface area contributed by atoms with Gasteiger partial charge in [0.25, 0.3) is 7.82 Å². The summed E-state index contributed by atoms with van der Waals surface area (Å²) in [6.07, 6.45) is 73.0. The van der Waals surface area contributed by atoms with Crippen LogP contribution < -0.4 is 10.2 Å².